The molecular formula is C24H31F2N3O4. The van der Waals surface area contributed by atoms with Gasteiger partial charge in [-0.05, 0) is 42.5 Å². The van der Waals surface area contributed by atoms with Crippen LogP contribution in [0.5, 0.6) is 11.5 Å². The molecule has 0 aliphatic carbocycles. The molecule has 1 atom stereocenters. The van der Waals surface area contributed by atoms with Crippen molar-refractivity contribution in [2.45, 2.75) is 52.9 Å². The highest BCUT2D eigenvalue weighted by Crippen LogP contribution is 2.29. The third-order valence-corrected chi connectivity index (χ3v) is 4.81. The second-order valence-corrected chi connectivity index (χ2v) is 8.08. The Morgan fingerprint density at radius 1 is 0.939 bits per heavy atom. The fourth-order valence-corrected chi connectivity index (χ4v) is 3.13. The van der Waals surface area contributed by atoms with Crippen LogP contribution < -0.4 is 25.4 Å². The predicted molar refractivity (Wildman–Crippen MR) is 121 cm³/mol. The van der Waals surface area contributed by atoms with Gasteiger partial charge in [-0.25, -0.2) is 4.79 Å². The van der Waals surface area contributed by atoms with Gasteiger partial charge in [-0.1, -0.05) is 49.7 Å². The number of carbonyl (C=O) groups excluding carboxylic acids is 2. The molecule has 0 heterocycles. The van der Waals surface area contributed by atoms with E-state index in [0.717, 1.165) is 11.1 Å². The Hall–Kier alpha value is -3.36. The highest BCUT2D eigenvalue weighted by Gasteiger charge is 2.22. The standard InChI is InChI=1S/C24H31F2N3O4/c1-15(2)11-19(29-24(31)28-13-17-7-5-16(3)6-8-17)22(30)27-14-18-9-10-20(33-23(25)26)21(12-18)32-4/h5-10,12,15,19,23H,11,13-14H2,1-4H3,(H,27,30)(H2,28,29,31). The van der Waals surface area contributed by atoms with Gasteiger partial charge in [-0.3, -0.25) is 4.79 Å². The zero-order valence-corrected chi connectivity index (χ0v) is 19.3. The van der Waals surface area contributed by atoms with Crippen molar-refractivity contribution in [2.75, 3.05) is 7.11 Å². The Morgan fingerprint density at radius 2 is 1.58 bits per heavy atom. The summed E-state index contributed by atoms with van der Waals surface area (Å²) < 4.78 is 34.4. The zero-order chi connectivity index (χ0) is 24.4. The molecule has 0 aromatic heterocycles. The lowest BCUT2D eigenvalue weighted by molar-refractivity contribution is -0.123. The van der Waals surface area contributed by atoms with E-state index >= 15 is 0 Å². The van der Waals surface area contributed by atoms with Crippen molar-refractivity contribution in [1.29, 1.82) is 0 Å². The van der Waals surface area contributed by atoms with Crippen LogP contribution in [0.25, 0.3) is 0 Å². The van der Waals surface area contributed by atoms with Gasteiger partial charge in [0.05, 0.1) is 7.11 Å². The van der Waals surface area contributed by atoms with Gasteiger partial charge in [-0.2, -0.15) is 8.78 Å². The summed E-state index contributed by atoms with van der Waals surface area (Å²) in [5.74, 6) is -0.133. The van der Waals surface area contributed by atoms with Crippen molar-refractivity contribution in [2.24, 2.45) is 5.92 Å². The van der Waals surface area contributed by atoms with Gasteiger partial charge in [0.1, 0.15) is 6.04 Å². The highest BCUT2D eigenvalue weighted by atomic mass is 19.3. The van der Waals surface area contributed by atoms with Crippen LogP contribution in [0.1, 0.15) is 37.0 Å². The lowest BCUT2D eigenvalue weighted by atomic mass is 10.0. The SMILES string of the molecule is COc1cc(CNC(=O)C(CC(C)C)NC(=O)NCc2ccc(C)cc2)ccc1OC(F)F. The summed E-state index contributed by atoms with van der Waals surface area (Å²) in [6.45, 7) is 3.41. The first kappa shape index (κ1) is 25.9. The van der Waals surface area contributed by atoms with Crippen molar-refractivity contribution in [3.8, 4) is 11.5 Å². The van der Waals surface area contributed by atoms with E-state index in [2.05, 4.69) is 20.7 Å². The molecule has 33 heavy (non-hydrogen) atoms. The van der Waals surface area contributed by atoms with Crippen LogP contribution in [0.15, 0.2) is 42.5 Å². The summed E-state index contributed by atoms with van der Waals surface area (Å²) in [5.41, 5.74) is 2.72. The first-order valence-corrected chi connectivity index (χ1v) is 10.7. The Labute approximate surface area is 192 Å². The third-order valence-electron chi connectivity index (χ3n) is 4.81. The van der Waals surface area contributed by atoms with Crippen LogP contribution in [-0.2, 0) is 17.9 Å². The van der Waals surface area contributed by atoms with E-state index in [1.54, 1.807) is 6.07 Å². The van der Waals surface area contributed by atoms with Crippen molar-refractivity contribution < 1.29 is 27.8 Å². The number of nitrogens with one attached hydrogen (secondary N) is 3. The van der Waals surface area contributed by atoms with E-state index in [-0.39, 0.29) is 29.9 Å². The number of methoxy groups -OCH3 is 1. The topological polar surface area (TPSA) is 88.7 Å². The number of hydrogen-bond acceptors (Lipinski definition) is 4. The van der Waals surface area contributed by atoms with Crippen molar-refractivity contribution in [3.63, 3.8) is 0 Å². The number of carbonyl (C=O) groups is 2. The average molecular weight is 464 g/mol. The van der Waals surface area contributed by atoms with Gasteiger partial charge in [0.15, 0.2) is 11.5 Å². The van der Waals surface area contributed by atoms with E-state index in [4.69, 9.17) is 4.74 Å². The Kier molecular flexibility index (Phi) is 9.90. The first-order valence-electron chi connectivity index (χ1n) is 10.7. The van der Waals surface area contributed by atoms with Crippen molar-refractivity contribution in [1.82, 2.24) is 16.0 Å². The first-order chi connectivity index (χ1) is 15.7. The molecule has 0 spiro atoms. The van der Waals surface area contributed by atoms with E-state index < -0.39 is 18.7 Å². The highest BCUT2D eigenvalue weighted by molar-refractivity contribution is 5.87. The molecule has 0 bridgehead atoms. The average Bonchev–Trinajstić information content (AvgIpc) is 2.76. The summed E-state index contributed by atoms with van der Waals surface area (Å²) in [7, 11) is 1.34. The van der Waals surface area contributed by atoms with Gasteiger partial charge in [0.25, 0.3) is 0 Å². The van der Waals surface area contributed by atoms with Gasteiger partial charge in [0, 0.05) is 13.1 Å². The Balaban J connectivity index is 1.94. The number of rotatable bonds is 11. The molecule has 2 aromatic carbocycles. The minimum absolute atomic E-state index is 0.0906. The van der Waals surface area contributed by atoms with Crippen LogP contribution in [0, 0.1) is 12.8 Å². The Morgan fingerprint density at radius 3 is 2.18 bits per heavy atom. The maximum atomic E-state index is 12.8. The zero-order valence-electron chi connectivity index (χ0n) is 19.3. The largest absolute Gasteiger partial charge is 0.493 e. The molecule has 7 nitrogen and oxygen atoms in total. The van der Waals surface area contributed by atoms with Gasteiger partial charge in [-0.15, -0.1) is 0 Å². The van der Waals surface area contributed by atoms with Gasteiger partial charge < -0.3 is 25.4 Å². The number of halogens is 2. The molecular weight excluding hydrogens is 432 g/mol. The minimum Gasteiger partial charge on any atom is -0.493 e. The van der Waals surface area contributed by atoms with E-state index in [9.17, 15) is 18.4 Å². The van der Waals surface area contributed by atoms with Gasteiger partial charge >= 0.3 is 12.6 Å². The van der Waals surface area contributed by atoms with Crippen LogP contribution in [0.4, 0.5) is 13.6 Å². The van der Waals surface area contributed by atoms with Crippen LogP contribution in [0.3, 0.4) is 0 Å². The van der Waals surface area contributed by atoms with Gasteiger partial charge in [0.2, 0.25) is 5.91 Å². The smallest absolute Gasteiger partial charge is 0.387 e. The molecule has 0 saturated heterocycles. The molecule has 0 aliphatic heterocycles. The fourth-order valence-electron chi connectivity index (χ4n) is 3.13. The minimum atomic E-state index is -2.97. The van der Waals surface area contributed by atoms with E-state index in [1.807, 2.05) is 45.0 Å². The lowest BCUT2D eigenvalue weighted by Gasteiger charge is -2.21. The number of hydrogen-bond donors (Lipinski definition) is 3. The Bertz CT molecular complexity index is 920. The quantitative estimate of drug-likeness (QED) is 0.467. The third kappa shape index (κ3) is 8.96. The second-order valence-electron chi connectivity index (χ2n) is 8.08. The molecule has 180 valence electrons. The maximum absolute atomic E-state index is 12.8. The maximum Gasteiger partial charge on any atom is 0.387 e. The molecule has 9 heteroatoms. The van der Waals surface area contributed by atoms with Crippen LogP contribution in [0.2, 0.25) is 0 Å². The number of urea groups is 1. The molecule has 1 unspecified atom stereocenters. The summed E-state index contributed by atoms with van der Waals surface area (Å²) in [5, 5.41) is 8.27. The monoisotopic (exact) mass is 463 g/mol. The van der Waals surface area contributed by atoms with Crippen LogP contribution in [-0.4, -0.2) is 31.7 Å². The summed E-state index contributed by atoms with van der Waals surface area (Å²) in [4.78, 5) is 25.1. The number of ether oxygens (including phenoxy) is 2. The molecule has 0 radical (unpaired) electrons. The molecule has 3 amide bonds. The van der Waals surface area contributed by atoms with E-state index in [0.29, 0.717) is 18.5 Å². The fraction of sp³-hybridized carbons (Fsp3) is 0.417. The van der Waals surface area contributed by atoms with E-state index in [1.165, 1.54) is 19.2 Å². The second kappa shape index (κ2) is 12.6. The van der Waals surface area contributed by atoms with Crippen molar-refractivity contribution in [3.05, 3.63) is 59.2 Å². The molecule has 2 rings (SSSR count). The summed E-state index contributed by atoms with van der Waals surface area (Å²) in [6, 6.07) is 11.0. The number of benzene rings is 2. The molecule has 0 fully saturated rings. The van der Waals surface area contributed by atoms with Crippen molar-refractivity contribution >= 4 is 11.9 Å². The number of amides is 3. The molecule has 3 N–H and O–H groups in total. The molecule has 0 aliphatic rings. The molecule has 2 aromatic rings. The van der Waals surface area contributed by atoms with Crippen LogP contribution >= 0.6 is 0 Å². The lowest BCUT2D eigenvalue weighted by Crippen LogP contribution is -2.50. The molecule has 0 saturated carbocycles. The summed E-state index contributed by atoms with van der Waals surface area (Å²) in [6.07, 6.45) is 0.453. The number of alkyl halides is 2. The normalized spacial score (nSPS) is 11.8. The summed E-state index contributed by atoms with van der Waals surface area (Å²) >= 11 is 0. The predicted octanol–water partition coefficient (Wildman–Crippen LogP) is 4.14. The number of aryl methyl sites for hydroxylation is 1.